The van der Waals surface area contributed by atoms with Crippen molar-refractivity contribution >= 4 is 46.6 Å². The molecular weight excluding hydrogens is 369 g/mol. The average Bonchev–Trinajstić information content (AvgIpc) is 3.17. The largest absolute Gasteiger partial charge is 0.372 e. The van der Waals surface area contributed by atoms with Gasteiger partial charge in [-0.1, -0.05) is 35.3 Å². The molecule has 1 N–H and O–H groups in total. The van der Waals surface area contributed by atoms with Crippen molar-refractivity contribution < 1.29 is 4.79 Å². The van der Waals surface area contributed by atoms with Gasteiger partial charge in [0.1, 0.15) is 11.6 Å². The number of benzene rings is 2. The fraction of sp³-hybridized carbons (Fsp3) is 0.200. The van der Waals surface area contributed by atoms with Crippen molar-refractivity contribution in [1.82, 2.24) is 0 Å². The van der Waals surface area contributed by atoms with Crippen molar-refractivity contribution in [1.29, 1.82) is 5.26 Å². The summed E-state index contributed by atoms with van der Waals surface area (Å²) in [6, 6.07) is 14.5. The zero-order valence-electron chi connectivity index (χ0n) is 14.0. The van der Waals surface area contributed by atoms with Gasteiger partial charge in [0.25, 0.3) is 5.91 Å². The number of hydrogen-bond donors (Lipinski definition) is 1. The quantitative estimate of drug-likeness (QED) is 0.585. The van der Waals surface area contributed by atoms with Gasteiger partial charge in [0.05, 0.1) is 10.7 Å². The second-order valence-corrected chi connectivity index (χ2v) is 6.88. The van der Waals surface area contributed by atoms with Gasteiger partial charge < -0.3 is 10.2 Å². The van der Waals surface area contributed by atoms with Crippen LogP contribution in [0.25, 0.3) is 6.08 Å². The van der Waals surface area contributed by atoms with Gasteiger partial charge in [-0.05, 0) is 54.8 Å². The van der Waals surface area contributed by atoms with E-state index in [0.717, 1.165) is 24.3 Å². The number of nitrogens with one attached hydrogen (secondary N) is 1. The van der Waals surface area contributed by atoms with E-state index in [1.54, 1.807) is 18.2 Å². The summed E-state index contributed by atoms with van der Waals surface area (Å²) in [5.74, 6) is -0.514. The van der Waals surface area contributed by atoms with Crippen LogP contribution in [0.4, 0.5) is 11.4 Å². The van der Waals surface area contributed by atoms with E-state index in [-0.39, 0.29) is 5.57 Å². The third kappa shape index (κ3) is 4.37. The Morgan fingerprint density at radius 1 is 1.12 bits per heavy atom. The van der Waals surface area contributed by atoms with E-state index < -0.39 is 5.91 Å². The molecule has 132 valence electrons. The standard InChI is InChI=1S/C20H17Cl2N3O/c21-16-5-8-19(18(22)12-16)24-20(26)15(13-23)11-14-3-6-17(7-4-14)25-9-1-2-10-25/h3-8,11-12H,1-2,9-10H2,(H,24,26)/b15-11+. The summed E-state index contributed by atoms with van der Waals surface area (Å²) in [6.07, 6.45) is 3.99. The minimum atomic E-state index is -0.514. The Kier molecular flexibility index (Phi) is 5.82. The van der Waals surface area contributed by atoms with Gasteiger partial charge in [-0.2, -0.15) is 5.26 Å². The van der Waals surface area contributed by atoms with Crippen LogP contribution in [-0.4, -0.2) is 19.0 Å². The van der Waals surface area contributed by atoms with Gasteiger partial charge in [0.2, 0.25) is 0 Å². The van der Waals surface area contributed by atoms with Crippen LogP contribution in [0.3, 0.4) is 0 Å². The summed E-state index contributed by atoms with van der Waals surface area (Å²) < 4.78 is 0. The minimum Gasteiger partial charge on any atom is -0.372 e. The van der Waals surface area contributed by atoms with Crippen LogP contribution in [0.1, 0.15) is 18.4 Å². The Labute approximate surface area is 162 Å². The van der Waals surface area contributed by atoms with E-state index >= 15 is 0 Å². The molecule has 26 heavy (non-hydrogen) atoms. The first-order valence-corrected chi connectivity index (χ1v) is 9.05. The molecule has 0 saturated carbocycles. The zero-order valence-corrected chi connectivity index (χ0v) is 15.5. The molecule has 3 rings (SSSR count). The van der Waals surface area contributed by atoms with Crippen molar-refractivity contribution in [2.75, 3.05) is 23.3 Å². The Morgan fingerprint density at radius 2 is 1.81 bits per heavy atom. The second-order valence-electron chi connectivity index (χ2n) is 6.03. The molecule has 0 spiro atoms. The summed E-state index contributed by atoms with van der Waals surface area (Å²) in [4.78, 5) is 14.7. The topological polar surface area (TPSA) is 56.1 Å². The average molecular weight is 386 g/mol. The highest BCUT2D eigenvalue weighted by Gasteiger charge is 2.13. The number of hydrogen-bond acceptors (Lipinski definition) is 3. The maximum Gasteiger partial charge on any atom is 0.266 e. The van der Waals surface area contributed by atoms with Crippen LogP contribution in [0.5, 0.6) is 0 Å². The predicted molar refractivity (Wildman–Crippen MR) is 107 cm³/mol. The van der Waals surface area contributed by atoms with Crippen molar-refractivity contribution in [3.05, 3.63) is 63.6 Å². The van der Waals surface area contributed by atoms with E-state index in [1.165, 1.54) is 18.9 Å². The highest BCUT2D eigenvalue weighted by Crippen LogP contribution is 2.26. The van der Waals surface area contributed by atoms with Crippen LogP contribution < -0.4 is 10.2 Å². The number of amides is 1. The van der Waals surface area contributed by atoms with Crippen molar-refractivity contribution in [3.63, 3.8) is 0 Å². The van der Waals surface area contributed by atoms with Crippen molar-refractivity contribution in [3.8, 4) is 6.07 Å². The molecule has 6 heteroatoms. The first-order chi connectivity index (χ1) is 12.6. The van der Waals surface area contributed by atoms with E-state index in [9.17, 15) is 10.1 Å². The molecule has 0 radical (unpaired) electrons. The molecule has 1 fully saturated rings. The number of carbonyl (C=O) groups excluding carboxylic acids is 1. The van der Waals surface area contributed by atoms with Gasteiger partial charge in [-0.3, -0.25) is 4.79 Å². The molecule has 0 bridgehead atoms. The van der Waals surface area contributed by atoms with E-state index in [4.69, 9.17) is 23.2 Å². The van der Waals surface area contributed by atoms with E-state index in [1.807, 2.05) is 30.3 Å². The third-order valence-electron chi connectivity index (χ3n) is 4.22. The Hall–Kier alpha value is -2.48. The van der Waals surface area contributed by atoms with Crippen LogP contribution >= 0.6 is 23.2 Å². The van der Waals surface area contributed by atoms with Gasteiger partial charge in [0.15, 0.2) is 0 Å². The zero-order chi connectivity index (χ0) is 18.5. The lowest BCUT2D eigenvalue weighted by atomic mass is 10.1. The fourth-order valence-electron chi connectivity index (χ4n) is 2.85. The van der Waals surface area contributed by atoms with E-state index in [2.05, 4.69) is 10.2 Å². The number of nitriles is 1. The first kappa shape index (κ1) is 18.3. The monoisotopic (exact) mass is 385 g/mol. The van der Waals surface area contributed by atoms with Gasteiger partial charge in [-0.15, -0.1) is 0 Å². The fourth-order valence-corrected chi connectivity index (χ4v) is 3.31. The minimum absolute atomic E-state index is 0.00457. The van der Waals surface area contributed by atoms with Gasteiger partial charge in [-0.25, -0.2) is 0 Å². The molecule has 1 saturated heterocycles. The summed E-state index contributed by atoms with van der Waals surface area (Å²) >= 11 is 11.9. The lowest BCUT2D eigenvalue weighted by molar-refractivity contribution is -0.112. The molecular formula is C20H17Cl2N3O. The lowest BCUT2D eigenvalue weighted by Gasteiger charge is -2.17. The molecule has 0 aliphatic carbocycles. The molecule has 1 aliphatic rings. The highest BCUT2D eigenvalue weighted by molar-refractivity contribution is 6.36. The molecule has 1 aliphatic heterocycles. The Morgan fingerprint density at radius 3 is 2.42 bits per heavy atom. The molecule has 2 aromatic rings. The maximum atomic E-state index is 12.4. The SMILES string of the molecule is N#C/C(=C\c1ccc(N2CCCC2)cc1)C(=O)Nc1ccc(Cl)cc1Cl. The molecule has 1 amide bonds. The molecule has 1 heterocycles. The summed E-state index contributed by atoms with van der Waals surface area (Å²) in [6.45, 7) is 2.14. The first-order valence-electron chi connectivity index (χ1n) is 8.30. The van der Waals surface area contributed by atoms with Gasteiger partial charge in [0, 0.05) is 23.8 Å². The molecule has 4 nitrogen and oxygen atoms in total. The Balaban J connectivity index is 1.74. The molecule has 0 atom stereocenters. The van der Waals surface area contributed by atoms with Crippen molar-refractivity contribution in [2.24, 2.45) is 0 Å². The highest BCUT2D eigenvalue weighted by atomic mass is 35.5. The van der Waals surface area contributed by atoms with E-state index in [0.29, 0.717) is 15.7 Å². The van der Waals surface area contributed by atoms with Crippen LogP contribution in [-0.2, 0) is 4.79 Å². The maximum absolute atomic E-state index is 12.4. The van der Waals surface area contributed by atoms with Crippen LogP contribution in [0.2, 0.25) is 10.0 Å². The number of rotatable bonds is 4. The van der Waals surface area contributed by atoms with Crippen LogP contribution in [0.15, 0.2) is 48.0 Å². The van der Waals surface area contributed by atoms with Crippen LogP contribution in [0, 0.1) is 11.3 Å². The smallest absolute Gasteiger partial charge is 0.266 e. The number of anilines is 2. The summed E-state index contributed by atoms with van der Waals surface area (Å²) in [5.41, 5.74) is 2.37. The Bertz CT molecular complexity index is 879. The second kappa shape index (κ2) is 8.27. The summed E-state index contributed by atoms with van der Waals surface area (Å²) in [5, 5.41) is 12.8. The van der Waals surface area contributed by atoms with Gasteiger partial charge >= 0.3 is 0 Å². The number of nitrogens with zero attached hydrogens (tertiary/aromatic N) is 2. The van der Waals surface area contributed by atoms with Crippen molar-refractivity contribution in [2.45, 2.75) is 12.8 Å². The molecule has 0 aromatic heterocycles. The lowest BCUT2D eigenvalue weighted by Crippen LogP contribution is -2.17. The predicted octanol–water partition coefficient (Wildman–Crippen LogP) is 5.14. The number of halogens is 2. The number of carbonyl (C=O) groups is 1. The molecule has 2 aromatic carbocycles. The summed E-state index contributed by atoms with van der Waals surface area (Å²) in [7, 11) is 0. The molecule has 0 unspecified atom stereocenters. The third-order valence-corrected chi connectivity index (χ3v) is 4.77. The normalized spacial score (nSPS) is 14.2.